The molecule has 0 N–H and O–H groups in total. The van der Waals surface area contributed by atoms with Gasteiger partial charge in [-0.3, -0.25) is 9.69 Å². The molecule has 1 fully saturated rings. The molecule has 170 valence electrons. The van der Waals surface area contributed by atoms with Gasteiger partial charge in [-0.2, -0.15) is 0 Å². The van der Waals surface area contributed by atoms with E-state index >= 15 is 0 Å². The van der Waals surface area contributed by atoms with Gasteiger partial charge in [0.1, 0.15) is 18.6 Å². The Kier molecular flexibility index (Phi) is 8.44. The fraction of sp³-hybridized carbons (Fsp3) is 0.375. The Hall–Kier alpha value is -2.68. The highest BCUT2D eigenvalue weighted by Crippen LogP contribution is 2.24. The summed E-state index contributed by atoms with van der Waals surface area (Å²) in [7, 11) is 0. The van der Waals surface area contributed by atoms with Gasteiger partial charge in [0.2, 0.25) is 6.61 Å². The van der Waals surface area contributed by atoms with Crippen molar-refractivity contribution in [3.05, 3.63) is 65.2 Å². The number of carbonyl (C=O) groups excluding carboxylic acids is 2. The summed E-state index contributed by atoms with van der Waals surface area (Å²) in [5.74, 6) is -0.526. The topological polar surface area (TPSA) is 77.4 Å². The van der Waals surface area contributed by atoms with Crippen molar-refractivity contribution in [2.24, 2.45) is 5.16 Å². The van der Waals surface area contributed by atoms with Crippen molar-refractivity contribution in [2.75, 3.05) is 32.9 Å². The van der Waals surface area contributed by atoms with E-state index in [0.717, 1.165) is 35.4 Å². The fourth-order valence-electron chi connectivity index (χ4n) is 3.46. The lowest BCUT2D eigenvalue weighted by Gasteiger charge is -2.41. The number of benzene rings is 2. The lowest BCUT2D eigenvalue weighted by Crippen LogP contribution is -2.54. The Balaban J connectivity index is 1.66. The number of oxime groups is 1. The smallest absolute Gasteiger partial charge is 0.347 e. The van der Waals surface area contributed by atoms with Crippen molar-refractivity contribution in [3.63, 3.8) is 0 Å². The normalized spacial score (nSPS) is 15.3. The maximum Gasteiger partial charge on any atom is 0.347 e. The minimum absolute atomic E-state index is 0.0978. The number of esters is 1. The lowest BCUT2D eigenvalue weighted by atomic mass is 9.90. The molecular weight excluding hydrogens is 428 g/mol. The van der Waals surface area contributed by atoms with Crippen LogP contribution in [0.15, 0.2) is 58.6 Å². The number of nitrogens with zero attached hydrogens (tertiary/aromatic N) is 2. The van der Waals surface area contributed by atoms with E-state index in [4.69, 9.17) is 14.3 Å². The molecule has 0 amide bonds. The fourth-order valence-corrected chi connectivity index (χ4v) is 3.61. The van der Waals surface area contributed by atoms with Gasteiger partial charge in [-0.15, -0.1) is 12.6 Å². The van der Waals surface area contributed by atoms with Crippen LogP contribution >= 0.6 is 12.6 Å². The maximum atomic E-state index is 12.1. The zero-order chi connectivity index (χ0) is 23.0. The van der Waals surface area contributed by atoms with Crippen LogP contribution in [0.3, 0.4) is 0 Å². The highest BCUT2D eigenvalue weighted by atomic mass is 32.1. The van der Waals surface area contributed by atoms with Crippen LogP contribution in [0.5, 0.6) is 0 Å². The van der Waals surface area contributed by atoms with Gasteiger partial charge < -0.3 is 14.3 Å². The monoisotopic (exact) mass is 456 g/mol. The van der Waals surface area contributed by atoms with Crippen molar-refractivity contribution in [1.82, 2.24) is 4.90 Å². The second-order valence-electron chi connectivity index (χ2n) is 7.94. The molecule has 3 rings (SSSR count). The van der Waals surface area contributed by atoms with E-state index in [9.17, 15) is 9.59 Å². The molecule has 0 atom stereocenters. The molecule has 0 spiro atoms. The molecule has 0 radical (unpaired) electrons. The van der Waals surface area contributed by atoms with Crippen LogP contribution in [0.25, 0.3) is 0 Å². The lowest BCUT2D eigenvalue weighted by molar-refractivity contribution is -0.150. The Morgan fingerprint density at radius 2 is 1.78 bits per heavy atom. The first-order chi connectivity index (χ1) is 15.4. The molecule has 0 aromatic heterocycles. The number of thiol groups is 1. The number of hydrogen-bond donors (Lipinski definition) is 1. The number of ether oxygens (including phenoxy) is 2. The van der Waals surface area contributed by atoms with Crippen LogP contribution < -0.4 is 0 Å². The molecule has 0 unspecified atom stereocenters. The molecule has 2 aromatic rings. The Bertz CT molecular complexity index is 936. The number of morpholine rings is 1. The third kappa shape index (κ3) is 6.41. The summed E-state index contributed by atoms with van der Waals surface area (Å²) in [6.07, 6.45) is 0.765. The highest BCUT2D eigenvalue weighted by Gasteiger charge is 2.35. The van der Waals surface area contributed by atoms with Gasteiger partial charge in [0.25, 0.3) is 0 Å². The van der Waals surface area contributed by atoms with Crippen LogP contribution in [-0.4, -0.2) is 61.3 Å². The molecule has 0 aliphatic carbocycles. The first kappa shape index (κ1) is 24.0. The summed E-state index contributed by atoms with van der Waals surface area (Å²) >= 11 is 4.36. The van der Waals surface area contributed by atoms with E-state index in [1.807, 2.05) is 24.3 Å². The van der Waals surface area contributed by atoms with Crippen LogP contribution in [-0.2, 0) is 25.7 Å². The highest BCUT2D eigenvalue weighted by molar-refractivity contribution is 7.80. The van der Waals surface area contributed by atoms with Gasteiger partial charge >= 0.3 is 5.97 Å². The van der Waals surface area contributed by atoms with Crippen molar-refractivity contribution in [3.8, 4) is 0 Å². The van der Waals surface area contributed by atoms with E-state index in [2.05, 4.69) is 36.5 Å². The summed E-state index contributed by atoms with van der Waals surface area (Å²) < 4.78 is 10.7. The summed E-state index contributed by atoms with van der Waals surface area (Å²) in [5, 5.41) is 4.36. The SMILES string of the molecule is CC(C)(/C(=N\OCC(=O)OCc1ccc(C=O)cc1)c1ccc(S)cc1)N1CCOCC1. The van der Waals surface area contributed by atoms with Crippen LogP contribution in [0, 0.1) is 0 Å². The Morgan fingerprint density at radius 3 is 2.41 bits per heavy atom. The number of rotatable bonds is 9. The average Bonchev–Trinajstić information content (AvgIpc) is 2.82. The van der Waals surface area contributed by atoms with Gasteiger partial charge in [-0.1, -0.05) is 41.6 Å². The van der Waals surface area contributed by atoms with Crippen molar-refractivity contribution >= 4 is 30.6 Å². The van der Waals surface area contributed by atoms with Crippen molar-refractivity contribution < 1.29 is 23.9 Å². The molecule has 1 saturated heterocycles. The van der Waals surface area contributed by atoms with E-state index in [1.54, 1.807) is 24.3 Å². The Morgan fingerprint density at radius 1 is 1.12 bits per heavy atom. The zero-order valence-corrected chi connectivity index (χ0v) is 19.2. The van der Waals surface area contributed by atoms with Crippen LogP contribution in [0.2, 0.25) is 0 Å². The summed E-state index contributed by atoms with van der Waals surface area (Å²) in [4.78, 5) is 31.4. The second kappa shape index (κ2) is 11.3. The molecule has 0 bridgehead atoms. The number of aldehydes is 1. The summed E-state index contributed by atoms with van der Waals surface area (Å²) in [6, 6.07) is 14.5. The summed E-state index contributed by atoms with van der Waals surface area (Å²) in [5.41, 5.74) is 2.52. The summed E-state index contributed by atoms with van der Waals surface area (Å²) in [6.45, 7) is 6.83. The molecule has 2 aromatic carbocycles. The first-order valence-electron chi connectivity index (χ1n) is 10.4. The number of carbonyl (C=O) groups is 2. The Labute approximate surface area is 193 Å². The van der Waals surface area contributed by atoms with Gasteiger partial charge in [0, 0.05) is 29.1 Å². The van der Waals surface area contributed by atoms with Crippen molar-refractivity contribution in [2.45, 2.75) is 30.9 Å². The largest absolute Gasteiger partial charge is 0.458 e. The molecule has 1 aliphatic rings. The zero-order valence-electron chi connectivity index (χ0n) is 18.3. The van der Waals surface area contributed by atoms with E-state index in [1.165, 1.54) is 0 Å². The minimum atomic E-state index is -0.526. The van der Waals surface area contributed by atoms with Crippen LogP contribution in [0.4, 0.5) is 0 Å². The molecule has 1 aliphatic heterocycles. The van der Waals surface area contributed by atoms with Gasteiger partial charge in [0.15, 0.2) is 0 Å². The van der Waals surface area contributed by atoms with Gasteiger partial charge in [-0.25, -0.2) is 4.79 Å². The van der Waals surface area contributed by atoms with E-state index in [0.29, 0.717) is 24.5 Å². The first-order valence-corrected chi connectivity index (χ1v) is 10.9. The molecule has 8 heteroatoms. The van der Waals surface area contributed by atoms with E-state index in [-0.39, 0.29) is 13.2 Å². The standard InChI is InChI=1S/C24H28N2O5S/c1-24(2,26-11-13-29-14-12-26)23(20-7-9-21(32)10-8-20)25-31-17-22(28)30-16-19-5-3-18(15-27)4-6-19/h3-10,15,32H,11-14,16-17H2,1-2H3/b25-23-. The predicted molar refractivity (Wildman–Crippen MR) is 124 cm³/mol. The quantitative estimate of drug-likeness (QED) is 0.205. The molecular formula is C24H28N2O5S. The van der Waals surface area contributed by atoms with Gasteiger partial charge in [-0.05, 0) is 31.5 Å². The minimum Gasteiger partial charge on any atom is -0.458 e. The number of hydrogen-bond acceptors (Lipinski definition) is 8. The average molecular weight is 457 g/mol. The third-order valence-electron chi connectivity index (χ3n) is 5.38. The van der Waals surface area contributed by atoms with E-state index < -0.39 is 11.5 Å². The van der Waals surface area contributed by atoms with Crippen LogP contribution in [0.1, 0.15) is 35.3 Å². The molecule has 1 heterocycles. The second-order valence-corrected chi connectivity index (χ2v) is 8.46. The predicted octanol–water partition coefficient (Wildman–Crippen LogP) is 3.36. The molecule has 0 saturated carbocycles. The van der Waals surface area contributed by atoms with Gasteiger partial charge in [0.05, 0.1) is 18.8 Å². The van der Waals surface area contributed by atoms with Crippen molar-refractivity contribution in [1.29, 1.82) is 0 Å². The maximum absolute atomic E-state index is 12.1. The molecule has 7 nitrogen and oxygen atoms in total. The molecule has 32 heavy (non-hydrogen) atoms. The third-order valence-corrected chi connectivity index (χ3v) is 5.67.